The summed E-state index contributed by atoms with van der Waals surface area (Å²) in [5.41, 5.74) is 1.95. The van der Waals surface area contributed by atoms with Crippen LogP contribution in [0.25, 0.3) is 0 Å². The first-order valence-corrected chi connectivity index (χ1v) is 6.32. The molecule has 1 atom stereocenters. The average molecular weight is 262 g/mol. The summed E-state index contributed by atoms with van der Waals surface area (Å²) in [6.45, 7) is 2.46. The van der Waals surface area contributed by atoms with Gasteiger partial charge in [-0.05, 0) is 37.1 Å². The number of piperidine rings is 1. The third-order valence-corrected chi connectivity index (χ3v) is 3.45. The van der Waals surface area contributed by atoms with Crippen molar-refractivity contribution in [2.24, 2.45) is 0 Å². The van der Waals surface area contributed by atoms with Crippen LogP contribution in [0.15, 0.2) is 18.2 Å². The highest BCUT2D eigenvalue weighted by Gasteiger charge is 2.22. The van der Waals surface area contributed by atoms with Gasteiger partial charge in [0.15, 0.2) is 0 Å². The normalized spacial score (nSPS) is 19.4. The van der Waals surface area contributed by atoms with Gasteiger partial charge in [-0.1, -0.05) is 0 Å². The highest BCUT2D eigenvalue weighted by Crippen LogP contribution is 2.19. The van der Waals surface area contributed by atoms with Gasteiger partial charge in [0.25, 0.3) is 0 Å². The fraction of sp³-hybridized carbons (Fsp3) is 0.429. The lowest BCUT2D eigenvalue weighted by molar-refractivity contribution is -0.132. The summed E-state index contributed by atoms with van der Waals surface area (Å²) in [6.07, 6.45) is 1.36. The Labute approximate surface area is 112 Å². The van der Waals surface area contributed by atoms with Crippen molar-refractivity contribution in [3.8, 4) is 0 Å². The summed E-state index contributed by atoms with van der Waals surface area (Å²) in [6, 6.07) is 5.43. The number of benzene rings is 1. The molecular weight excluding hydrogens is 244 g/mol. The van der Waals surface area contributed by atoms with Gasteiger partial charge >= 0.3 is 5.97 Å². The first-order valence-electron chi connectivity index (χ1n) is 6.32. The van der Waals surface area contributed by atoms with E-state index in [9.17, 15) is 9.59 Å². The molecule has 5 heteroatoms. The highest BCUT2D eigenvalue weighted by molar-refractivity contribution is 5.89. The van der Waals surface area contributed by atoms with E-state index in [0.717, 1.165) is 17.7 Å². The van der Waals surface area contributed by atoms with Crippen LogP contribution in [0.4, 0.5) is 5.69 Å². The average Bonchev–Trinajstić information content (AvgIpc) is 2.33. The summed E-state index contributed by atoms with van der Waals surface area (Å²) in [5.74, 6) is -0.734. The summed E-state index contributed by atoms with van der Waals surface area (Å²) in [4.78, 5) is 24.1. The Morgan fingerprint density at radius 1 is 1.47 bits per heavy atom. The predicted octanol–water partition coefficient (Wildman–Crippen LogP) is 1.73. The SMILES string of the molecule is Cc1cc(NC2CCC(=O)N(C)C2)ccc1C(=O)O. The second-order valence-electron chi connectivity index (χ2n) is 4.99. The third kappa shape index (κ3) is 3.05. The number of carboxylic acids is 1. The number of carbonyl (C=O) groups excluding carboxylic acids is 1. The summed E-state index contributed by atoms with van der Waals surface area (Å²) >= 11 is 0. The lowest BCUT2D eigenvalue weighted by atomic mass is 10.0. The van der Waals surface area contributed by atoms with Gasteiger partial charge in [-0.15, -0.1) is 0 Å². The maximum Gasteiger partial charge on any atom is 0.335 e. The maximum absolute atomic E-state index is 11.4. The Morgan fingerprint density at radius 3 is 2.79 bits per heavy atom. The van der Waals surface area contributed by atoms with Crippen LogP contribution in [0.1, 0.15) is 28.8 Å². The second-order valence-corrected chi connectivity index (χ2v) is 4.99. The predicted molar refractivity (Wildman–Crippen MR) is 72.4 cm³/mol. The molecule has 5 nitrogen and oxygen atoms in total. The zero-order chi connectivity index (χ0) is 14.0. The van der Waals surface area contributed by atoms with Crippen molar-refractivity contribution in [3.05, 3.63) is 29.3 Å². The molecule has 0 aliphatic carbocycles. The molecule has 1 aliphatic heterocycles. The van der Waals surface area contributed by atoms with Crippen LogP contribution in [-0.2, 0) is 4.79 Å². The van der Waals surface area contributed by atoms with E-state index in [1.54, 1.807) is 31.0 Å². The van der Waals surface area contributed by atoms with Crippen LogP contribution >= 0.6 is 0 Å². The Hall–Kier alpha value is -2.04. The van der Waals surface area contributed by atoms with Crippen LogP contribution in [0.2, 0.25) is 0 Å². The number of nitrogens with zero attached hydrogens (tertiary/aromatic N) is 1. The molecule has 1 unspecified atom stereocenters. The minimum absolute atomic E-state index is 0.176. The number of aryl methyl sites for hydroxylation is 1. The van der Waals surface area contributed by atoms with Crippen LogP contribution in [0.5, 0.6) is 0 Å². The molecule has 2 rings (SSSR count). The molecule has 1 saturated heterocycles. The van der Waals surface area contributed by atoms with E-state index in [-0.39, 0.29) is 11.9 Å². The molecule has 1 fully saturated rings. The number of anilines is 1. The van der Waals surface area contributed by atoms with E-state index >= 15 is 0 Å². The standard InChI is InChI=1S/C14H18N2O3/c1-9-7-10(3-5-12(9)14(18)19)15-11-4-6-13(17)16(2)8-11/h3,5,7,11,15H,4,6,8H2,1-2H3,(H,18,19). The van der Waals surface area contributed by atoms with Gasteiger partial charge in [0, 0.05) is 31.7 Å². The van der Waals surface area contributed by atoms with E-state index in [0.29, 0.717) is 18.5 Å². The molecule has 19 heavy (non-hydrogen) atoms. The van der Waals surface area contributed by atoms with Crippen LogP contribution in [0, 0.1) is 6.92 Å². The molecule has 0 saturated carbocycles. The minimum atomic E-state index is -0.910. The molecule has 102 valence electrons. The number of likely N-dealkylation sites (tertiary alicyclic amines) is 1. The van der Waals surface area contributed by atoms with Gasteiger partial charge in [0.2, 0.25) is 5.91 Å². The Morgan fingerprint density at radius 2 is 2.21 bits per heavy atom. The molecule has 1 aromatic carbocycles. The monoisotopic (exact) mass is 262 g/mol. The van der Waals surface area contributed by atoms with E-state index in [4.69, 9.17) is 5.11 Å². The highest BCUT2D eigenvalue weighted by atomic mass is 16.4. The minimum Gasteiger partial charge on any atom is -0.478 e. The van der Waals surface area contributed by atoms with Crippen LogP contribution in [-0.4, -0.2) is 41.5 Å². The number of rotatable bonds is 3. The van der Waals surface area contributed by atoms with Gasteiger partial charge in [-0.3, -0.25) is 4.79 Å². The number of carboxylic acid groups (broad SMARTS) is 1. The summed E-state index contributed by atoms with van der Waals surface area (Å²) in [5, 5.41) is 12.3. The van der Waals surface area contributed by atoms with Crippen molar-refractivity contribution in [3.63, 3.8) is 0 Å². The number of hydrogen-bond acceptors (Lipinski definition) is 3. The van der Waals surface area contributed by atoms with E-state index in [1.165, 1.54) is 0 Å². The van der Waals surface area contributed by atoms with Crippen molar-refractivity contribution in [2.75, 3.05) is 18.9 Å². The lowest BCUT2D eigenvalue weighted by Gasteiger charge is -2.30. The summed E-state index contributed by atoms with van der Waals surface area (Å²) in [7, 11) is 1.80. The zero-order valence-corrected chi connectivity index (χ0v) is 11.1. The van der Waals surface area contributed by atoms with Crippen molar-refractivity contribution in [2.45, 2.75) is 25.8 Å². The van der Waals surface area contributed by atoms with Gasteiger partial charge in [-0.25, -0.2) is 4.79 Å². The molecule has 0 spiro atoms. The summed E-state index contributed by atoms with van der Waals surface area (Å²) < 4.78 is 0. The quantitative estimate of drug-likeness (QED) is 0.870. The topological polar surface area (TPSA) is 69.6 Å². The van der Waals surface area contributed by atoms with E-state index in [1.807, 2.05) is 6.07 Å². The molecule has 0 radical (unpaired) electrons. The number of nitrogens with one attached hydrogen (secondary N) is 1. The Bertz CT molecular complexity index is 513. The van der Waals surface area contributed by atoms with Crippen molar-refractivity contribution in [1.82, 2.24) is 4.90 Å². The van der Waals surface area contributed by atoms with Gasteiger partial charge in [0.1, 0.15) is 0 Å². The van der Waals surface area contributed by atoms with Crippen molar-refractivity contribution < 1.29 is 14.7 Å². The molecule has 2 N–H and O–H groups in total. The number of amides is 1. The smallest absolute Gasteiger partial charge is 0.335 e. The number of hydrogen-bond donors (Lipinski definition) is 2. The molecule has 1 amide bonds. The largest absolute Gasteiger partial charge is 0.478 e. The van der Waals surface area contributed by atoms with Gasteiger partial charge in [-0.2, -0.15) is 0 Å². The van der Waals surface area contributed by atoms with Gasteiger partial charge in [0.05, 0.1) is 5.56 Å². The van der Waals surface area contributed by atoms with Gasteiger partial charge < -0.3 is 15.3 Å². The first-order chi connectivity index (χ1) is 8.97. The molecule has 1 aliphatic rings. The first kappa shape index (κ1) is 13.4. The van der Waals surface area contributed by atoms with Crippen molar-refractivity contribution >= 4 is 17.6 Å². The fourth-order valence-corrected chi connectivity index (χ4v) is 2.36. The molecule has 1 heterocycles. The van der Waals surface area contributed by atoms with Crippen molar-refractivity contribution in [1.29, 1.82) is 0 Å². The lowest BCUT2D eigenvalue weighted by Crippen LogP contribution is -2.43. The molecule has 0 aromatic heterocycles. The maximum atomic E-state index is 11.4. The molecule has 1 aromatic rings. The number of likely N-dealkylation sites (N-methyl/N-ethyl adjacent to an activating group) is 1. The fourth-order valence-electron chi connectivity index (χ4n) is 2.36. The van der Waals surface area contributed by atoms with Crippen LogP contribution in [0.3, 0.4) is 0 Å². The van der Waals surface area contributed by atoms with E-state index < -0.39 is 5.97 Å². The number of aromatic carboxylic acids is 1. The number of carbonyl (C=O) groups is 2. The Kier molecular flexibility index (Phi) is 3.74. The molecule has 0 bridgehead atoms. The third-order valence-electron chi connectivity index (χ3n) is 3.45. The van der Waals surface area contributed by atoms with E-state index in [2.05, 4.69) is 5.32 Å². The van der Waals surface area contributed by atoms with Crippen LogP contribution < -0.4 is 5.32 Å². The zero-order valence-electron chi connectivity index (χ0n) is 11.1. The second kappa shape index (κ2) is 5.30. The molecular formula is C14H18N2O3. The Balaban J connectivity index is 2.06.